The van der Waals surface area contributed by atoms with Crippen LogP contribution in [-0.2, 0) is 6.42 Å². The maximum absolute atomic E-state index is 9.16. The molecule has 90 valence electrons. The van der Waals surface area contributed by atoms with Gasteiger partial charge in [0, 0.05) is 37.4 Å². The fourth-order valence-corrected chi connectivity index (χ4v) is 2.05. The molecule has 5 N–H and O–H groups in total. The summed E-state index contributed by atoms with van der Waals surface area (Å²) in [5.41, 5.74) is 10.8. The highest BCUT2D eigenvalue weighted by atomic mass is 16.2. The number of aromatic amines is 1. The highest BCUT2D eigenvalue weighted by Gasteiger charge is 2.11. The minimum Gasteiger partial charge on any atom is -0.399 e. The predicted molar refractivity (Wildman–Crippen MR) is 71.0 cm³/mol. The summed E-state index contributed by atoms with van der Waals surface area (Å²) in [5, 5.41) is 12.3. The minimum absolute atomic E-state index is 0.121. The molecule has 1 aromatic carbocycles. The summed E-state index contributed by atoms with van der Waals surface area (Å²) < 4.78 is 0. The highest BCUT2D eigenvalue weighted by Crippen LogP contribution is 2.32. The molecule has 1 aromatic heterocycles. The number of nitrogen functional groups attached to an aromatic ring is 1. The van der Waals surface area contributed by atoms with Gasteiger partial charge in [-0.15, -0.1) is 0 Å². The van der Waals surface area contributed by atoms with Crippen LogP contribution in [0.3, 0.4) is 0 Å². The third kappa shape index (κ3) is 2.26. The van der Waals surface area contributed by atoms with E-state index in [4.69, 9.17) is 10.8 Å². The topological polar surface area (TPSA) is 74.1 Å². The molecule has 0 amide bonds. The van der Waals surface area contributed by atoms with Crippen LogP contribution in [0.15, 0.2) is 30.6 Å². The lowest BCUT2D eigenvalue weighted by atomic mass is 9.97. The Morgan fingerprint density at radius 1 is 1.41 bits per heavy atom. The maximum Gasteiger partial charge on any atom is 0.0472 e. The number of aliphatic hydroxyl groups excluding tert-OH is 1. The minimum atomic E-state index is 0.121. The molecule has 0 aliphatic rings. The Balaban J connectivity index is 2.59. The van der Waals surface area contributed by atoms with Crippen molar-refractivity contribution >= 4 is 11.4 Å². The predicted octanol–water partition coefficient (Wildman–Crippen LogP) is 1.84. The van der Waals surface area contributed by atoms with Crippen molar-refractivity contribution in [2.75, 3.05) is 24.7 Å². The van der Waals surface area contributed by atoms with Crippen molar-refractivity contribution in [2.24, 2.45) is 0 Å². The number of nitrogens with two attached hydrogens (primary N) is 1. The van der Waals surface area contributed by atoms with Crippen LogP contribution in [0.1, 0.15) is 5.56 Å². The maximum atomic E-state index is 9.16. The lowest BCUT2D eigenvalue weighted by Gasteiger charge is -2.14. The van der Waals surface area contributed by atoms with E-state index in [0.717, 1.165) is 22.4 Å². The SMILES string of the molecule is CNc1cc(N)cc(-c2cc[nH]c2)c1CCO. The van der Waals surface area contributed by atoms with Crippen molar-refractivity contribution in [2.45, 2.75) is 6.42 Å². The molecule has 0 unspecified atom stereocenters. The molecule has 1 heterocycles. The van der Waals surface area contributed by atoms with E-state index in [0.29, 0.717) is 12.1 Å². The first-order chi connectivity index (χ1) is 8.26. The highest BCUT2D eigenvalue weighted by molar-refractivity contribution is 5.78. The number of nitrogens with one attached hydrogen (secondary N) is 2. The Hall–Kier alpha value is -1.94. The standard InChI is InChI=1S/C13H17N3O/c1-15-13-7-10(14)6-12(11(13)3-5-17)9-2-4-16-8-9/h2,4,6-8,15-17H,3,5,14H2,1H3. The Labute approximate surface area is 100 Å². The summed E-state index contributed by atoms with van der Waals surface area (Å²) in [7, 11) is 1.86. The smallest absolute Gasteiger partial charge is 0.0472 e. The fraction of sp³-hybridized carbons (Fsp3) is 0.231. The zero-order valence-electron chi connectivity index (χ0n) is 9.83. The molecule has 17 heavy (non-hydrogen) atoms. The van der Waals surface area contributed by atoms with Gasteiger partial charge in [0.1, 0.15) is 0 Å². The Kier molecular flexibility index (Phi) is 3.35. The Morgan fingerprint density at radius 3 is 2.82 bits per heavy atom. The van der Waals surface area contributed by atoms with Crippen LogP contribution in [0.25, 0.3) is 11.1 Å². The van der Waals surface area contributed by atoms with Gasteiger partial charge in [-0.1, -0.05) is 0 Å². The van der Waals surface area contributed by atoms with E-state index in [1.807, 2.05) is 37.6 Å². The average Bonchev–Trinajstić information content (AvgIpc) is 2.84. The van der Waals surface area contributed by atoms with Gasteiger partial charge in [0.25, 0.3) is 0 Å². The Bertz CT molecular complexity index is 492. The lowest BCUT2D eigenvalue weighted by Crippen LogP contribution is -2.02. The summed E-state index contributed by atoms with van der Waals surface area (Å²) in [6.45, 7) is 0.121. The molecular weight excluding hydrogens is 214 g/mol. The molecule has 2 rings (SSSR count). The summed E-state index contributed by atoms with van der Waals surface area (Å²) in [4.78, 5) is 3.03. The van der Waals surface area contributed by atoms with Crippen molar-refractivity contribution < 1.29 is 5.11 Å². The second-order valence-corrected chi connectivity index (χ2v) is 3.92. The molecule has 0 spiro atoms. The van der Waals surface area contributed by atoms with Gasteiger partial charge in [-0.3, -0.25) is 0 Å². The summed E-state index contributed by atoms with van der Waals surface area (Å²) >= 11 is 0. The van der Waals surface area contributed by atoms with Gasteiger partial charge < -0.3 is 21.1 Å². The molecule has 0 saturated carbocycles. The van der Waals surface area contributed by atoms with Crippen LogP contribution in [-0.4, -0.2) is 23.7 Å². The molecule has 0 aliphatic carbocycles. The number of hydrogen-bond donors (Lipinski definition) is 4. The third-order valence-corrected chi connectivity index (χ3v) is 2.81. The summed E-state index contributed by atoms with van der Waals surface area (Å²) in [5.74, 6) is 0. The number of aliphatic hydroxyl groups is 1. The van der Waals surface area contributed by atoms with Crippen molar-refractivity contribution in [1.82, 2.24) is 4.98 Å². The molecule has 0 radical (unpaired) electrons. The van der Waals surface area contributed by atoms with Gasteiger partial charge in [-0.25, -0.2) is 0 Å². The molecule has 0 aliphatic heterocycles. The van der Waals surface area contributed by atoms with E-state index in [1.54, 1.807) is 0 Å². The first-order valence-corrected chi connectivity index (χ1v) is 5.60. The zero-order valence-corrected chi connectivity index (χ0v) is 9.83. The average molecular weight is 231 g/mol. The van der Waals surface area contributed by atoms with Crippen LogP contribution in [0.4, 0.5) is 11.4 Å². The van der Waals surface area contributed by atoms with Gasteiger partial charge >= 0.3 is 0 Å². The Morgan fingerprint density at radius 2 is 2.24 bits per heavy atom. The summed E-state index contributed by atoms with van der Waals surface area (Å²) in [6, 6.07) is 5.82. The monoisotopic (exact) mass is 231 g/mol. The molecule has 0 bridgehead atoms. The van der Waals surface area contributed by atoms with E-state index in [9.17, 15) is 0 Å². The number of anilines is 2. The molecule has 4 heteroatoms. The van der Waals surface area contributed by atoms with E-state index in [1.165, 1.54) is 0 Å². The molecule has 0 atom stereocenters. The van der Waals surface area contributed by atoms with Gasteiger partial charge in [0.05, 0.1) is 0 Å². The lowest BCUT2D eigenvalue weighted by molar-refractivity contribution is 0.300. The van der Waals surface area contributed by atoms with Gasteiger partial charge in [-0.05, 0) is 41.3 Å². The van der Waals surface area contributed by atoms with Crippen LogP contribution < -0.4 is 11.1 Å². The van der Waals surface area contributed by atoms with E-state index < -0.39 is 0 Å². The van der Waals surface area contributed by atoms with Crippen LogP contribution >= 0.6 is 0 Å². The first kappa shape index (κ1) is 11.5. The number of rotatable bonds is 4. The molecule has 4 nitrogen and oxygen atoms in total. The fourth-order valence-electron chi connectivity index (χ4n) is 2.05. The normalized spacial score (nSPS) is 10.5. The second-order valence-electron chi connectivity index (χ2n) is 3.92. The second kappa shape index (κ2) is 4.93. The van der Waals surface area contributed by atoms with Gasteiger partial charge in [-0.2, -0.15) is 0 Å². The van der Waals surface area contributed by atoms with Crippen LogP contribution in [0, 0.1) is 0 Å². The number of hydrogen-bond acceptors (Lipinski definition) is 3. The number of aromatic nitrogens is 1. The third-order valence-electron chi connectivity index (χ3n) is 2.81. The zero-order chi connectivity index (χ0) is 12.3. The van der Waals surface area contributed by atoms with E-state index >= 15 is 0 Å². The van der Waals surface area contributed by atoms with Crippen molar-refractivity contribution in [3.63, 3.8) is 0 Å². The quantitative estimate of drug-likeness (QED) is 0.607. The van der Waals surface area contributed by atoms with Crippen molar-refractivity contribution in [1.29, 1.82) is 0 Å². The van der Waals surface area contributed by atoms with E-state index in [-0.39, 0.29) is 6.61 Å². The number of H-pyrrole nitrogens is 1. The molecule has 2 aromatic rings. The van der Waals surface area contributed by atoms with Crippen LogP contribution in [0.5, 0.6) is 0 Å². The van der Waals surface area contributed by atoms with Gasteiger partial charge in [0.15, 0.2) is 0 Å². The van der Waals surface area contributed by atoms with Crippen molar-refractivity contribution in [3.8, 4) is 11.1 Å². The molecule has 0 fully saturated rings. The summed E-state index contributed by atoms with van der Waals surface area (Å²) in [6.07, 6.45) is 4.41. The van der Waals surface area contributed by atoms with Gasteiger partial charge in [0.2, 0.25) is 0 Å². The molecule has 0 saturated heterocycles. The van der Waals surface area contributed by atoms with Crippen molar-refractivity contribution in [3.05, 3.63) is 36.2 Å². The number of benzene rings is 1. The van der Waals surface area contributed by atoms with E-state index in [2.05, 4.69) is 10.3 Å². The molecular formula is C13H17N3O. The first-order valence-electron chi connectivity index (χ1n) is 5.60. The largest absolute Gasteiger partial charge is 0.399 e. The van der Waals surface area contributed by atoms with Crippen LogP contribution in [0.2, 0.25) is 0 Å².